The van der Waals surface area contributed by atoms with Crippen molar-refractivity contribution in [2.75, 3.05) is 46.4 Å². The molecule has 1 aromatic heterocycles. The average molecular weight is 303 g/mol. The Balaban J connectivity index is 1.44. The molecule has 122 valence electrons. The second-order valence-corrected chi connectivity index (χ2v) is 6.93. The molecule has 2 saturated heterocycles. The lowest BCUT2D eigenvalue weighted by Gasteiger charge is -2.47. The SMILES string of the molecule is COCCN1CCC2(CC1)CCN(Cc1ccccn1)CC2. The molecule has 3 heterocycles. The lowest BCUT2D eigenvalue weighted by atomic mass is 9.71. The molecule has 0 aliphatic carbocycles. The first kappa shape index (κ1) is 15.9. The van der Waals surface area contributed by atoms with E-state index in [-0.39, 0.29) is 0 Å². The number of nitrogens with zero attached hydrogens (tertiary/aromatic N) is 3. The fraction of sp³-hybridized carbons (Fsp3) is 0.722. The van der Waals surface area contributed by atoms with Crippen molar-refractivity contribution >= 4 is 0 Å². The predicted octanol–water partition coefficient (Wildman–Crippen LogP) is 2.41. The number of hydrogen-bond acceptors (Lipinski definition) is 4. The van der Waals surface area contributed by atoms with Crippen molar-refractivity contribution in [2.45, 2.75) is 32.2 Å². The zero-order valence-electron chi connectivity index (χ0n) is 13.8. The van der Waals surface area contributed by atoms with Crippen LogP contribution in [0.15, 0.2) is 24.4 Å². The maximum atomic E-state index is 5.20. The standard InChI is InChI=1S/C18H29N3O/c1-22-15-14-20-10-5-18(6-11-20)7-12-21(13-8-18)16-17-4-2-3-9-19-17/h2-4,9H,5-8,10-16H2,1H3. The summed E-state index contributed by atoms with van der Waals surface area (Å²) >= 11 is 0. The van der Waals surface area contributed by atoms with Crippen LogP contribution in [-0.2, 0) is 11.3 Å². The molecular weight excluding hydrogens is 274 g/mol. The van der Waals surface area contributed by atoms with E-state index in [1.807, 2.05) is 12.3 Å². The van der Waals surface area contributed by atoms with E-state index in [4.69, 9.17) is 4.74 Å². The quantitative estimate of drug-likeness (QED) is 0.835. The summed E-state index contributed by atoms with van der Waals surface area (Å²) in [6.45, 7) is 7.94. The zero-order chi connectivity index (χ0) is 15.3. The molecular formula is C18H29N3O. The first-order chi connectivity index (χ1) is 10.8. The van der Waals surface area contributed by atoms with E-state index in [1.165, 1.54) is 57.6 Å². The first-order valence-corrected chi connectivity index (χ1v) is 8.63. The zero-order valence-corrected chi connectivity index (χ0v) is 13.8. The van der Waals surface area contributed by atoms with Gasteiger partial charge in [-0.15, -0.1) is 0 Å². The van der Waals surface area contributed by atoms with Gasteiger partial charge in [0.25, 0.3) is 0 Å². The number of likely N-dealkylation sites (tertiary alicyclic amines) is 2. The molecule has 0 amide bonds. The number of ether oxygens (including phenoxy) is 1. The molecule has 1 aromatic rings. The monoisotopic (exact) mass is 303 g/mol. The summed E-state index contributed by atoms with van der Waals surface area (Å²) in [4.78, 5) is 9.59. The van der Waals surface area contributed by atoms with Crippen LogP contribution in [0.4, 0.5) is 0 Å². The highest BCUT2D eigenvalue weighted by molar-refractivity contribution is 5.03. The lowest BCUT2D eigenvalue weighted by molar-refractivity contribution is 0.0244. The molecule has 4 nitrogen and oxygen atoms in total. The smallest absolute Gasteiger partial charge is 0.0589 e. The molecule has 0 bridgehead atoms. The van der Waals surface area contributed by atoms with Gasteiger partial charge in [-0.05, 0) is 69.4 Å². The fourth-order valence-corrected chi connectivity index (χ4v) is 3.88. The molecule has 1 spiro atoms. The summed E-state index contributed by atoms with van der Waals surface area (Å²) in [5.41, 5.74) is 1.82. The molecule has 0 saturated carbocycles. The van der Waals surface area contributed by atoms with Crippen molar-refractivity contribution in [2.24, 2.45) is 5.41 Å². The highest BCUT2D eigenvalue weighted by atomic mass is 16.5. The lowest BCUT2D eigenvalue weighted by Crippen LogP contribution is -2.47. The van der Waals surface area contributed by atoms with Gasteiger partial charge in [0.1, 0.15) is 0 Å². The van der Waals surface area contributed by atoms with E-state index < -0.39 is 0 Å². The van der Waals surface area contributed by atoms with Gasteiger partial charge in [0, 0.05) is 26.4 Å². The van der Waals surface area contributed by atoms with Crippen LogP contribution in [-0.4, -0.2) is 61.2 Å². The molecule has 0 N–H and O–H groups in total. The average Bonchev–Trinajstić information content (AvgIpc) is 2.58. The summed E-state index contributed by atoms with van der Waals surface area (Å²) in [6.07, 6.45) is 7.36. The Kier molecular flexibility index (Phi) is 5.45. The van der Waals surface area contributed by atoms with Gasteiger partial charge < -0.3 is 9.64 Å². The van der Waals surface area contributed by atoms with Crippen LogP contribution in [0, 0.1) is 5.41 Å². The molecule has 2 aliphatic heterocycles. The molecule has 2 aliphatic rings. The van der Waals surface area contributed by atoms with Gasteiger partial charge in [0.05, 0.1) is 12.3 Å². The summed E-state index contributed by atoms with van der Waals surface area (Å²) in [5, 5.41) is 0. The fourth-order valence-electron chi connectivity index (χ4n) is 3.88. The van der Waals surface area contributed by atoms with Crippen LogP contribution in [0.3, 0.4) is 0 Å². The van der Waals surface area contributed by atoms with Crippen LogP contribution < -0.4 is 0 Å². The van der Waals surface area contributed by atoms with Gasteiger partial charge in [-0.25, -0.2) is 0 Å². The Morgan fingerprint density at radius 1 is 1.05 bits per heavy atom. The molecule has 22 heavy (non-hydrogen) atoms. The summed E-state index contributed by atoms with van der Waals surface area (Å²) < 4.78 is 5.20. The van der Waals surface area contributed by atoms with Crippen LogP contribution >= 0.6 is 0 Å². The second kappa shape index (κ2) is 7.53. The number of methoxy groups -OCH3 is 1. The van der Waals surface area contributed by atoms with Gasteiger partial charge in [0.2, 0.25) is 0 Å². The largest absolute Gasteiger partial charge is 0.383 e. The van der Waals surface area contributed by atoms with E-state index in [1.54, 1.807) is 7.11 Å². The molecule has 2 fully saturated rings. The molecule has 4 heteroatoms. The van der Waals surface area contributed by atoms with Crippen molar-refractivity contribution in [1.82, 2.24) is 14.8 Å². The predicted molar refractivity (Wildman–Crippen MR) is 88.7 cm³/mol. The number of hydrogen-bond donors (Lipinski definition) is 0. The Bertz CT molecular complexity index is 433. The number of pyridine rings is 1. The van der Waals surface area contributed by atoms with Gasteiger partial charge in [-0.2, -0.15) is 0 Å². The third kappa shape index (κ3) is 4.06. The summed E-state index contributed by atoms with van der Waals surface area (Å²) in [6, 6.07) is 6.22. The second-order valence-electron chi connectivity index (χ2n) is 6.93. The summed E-state index contributed by atoms with van der Waals surface area (Å²) in [5.74, 6) is 0. The van der Waals surface area contributed by atoms with Crippen molar-refractivity contribution in [3.63, 3.8) is 0 Å². The first-order valence-electron chi connectivity index (χ1n) is 8.63. The van der Waals surface area contributed by atoms with Gasteiger partial charge >= 0.3 is 0 Å². The molecule has 0 atom stereocenters. The maximum Gasteiger partial charge on any atom is 0.0589 e. The normalized spacial score (nSPS) is 23.0. The minimum absolute atomic E-state index is 0.615. The van der Waals surface area contributed by atoms with E-state index in [0.29, 0.717) is 5.41 Å². The minimum atomic E-state index is 0.615. The number of piperidine rings is 2. The summed E-state index contributed by atoms with van der Waals surface area (Å²) in [7, 11) is 1.79. The maximum absolute atomic E-state index is 5.20. The van der Waals surface area contributed by atoms with Gasteiger partial charge in [0.15, 0.2) is 0 Å². The Morgan fingerprint density at radius 2 is 1.73 bits per heavy atom. The van der Waals surface area contributed by atoms with E-state index in [2.05, 4.69) is 26.9 Å². The molecule has 0 unspecified atom stereocenters. The highest BCUT2D eigenvalue weighted by Crippen LogP contribution is 2.41. The Morgan fingerprint density at radius 3 is 2.32 bits per heavy atom. The molecule has 0 radical (unpaired) electrons. The Labute approximate surface area is 134 Å². The van der Waals surface area contributed by atoms with E-state index >= 15 is 0 Å². The van der Waals surface area contributed by atoms with Crippen molar-refractivity contribution in [3.05, 3.63) is 30.1 Å². The Hall–Kier alpha value is -0.970. The van der Waals surface area contributed by atoms with Crippen molar-refractivity contribution in [1.29, 1.82) is 0 Å². The highest BCUT2D eigenvalue weighted by Gasteiger charge is 2.37. The third-order valence-electron chi connectivity index (χ3n) is 5.56. The molecule has 3 rings (SSSR count). The minimum Gasteiger partial charge on any atom is -0.383 e. The number of aromatic nitrogens is 1. The van der Waals surface area contributed by atoms with Gasteiger partial charge in [-0.3, -0.25) is 9.88 Å². The van der Waals surface area contributed by atoms with Crippen LogP contribution in [0.2, 0.25) is 0 Å². The van der Waals surface area contributed by atoms with Crippen molar-refractivity contribution in [3.8, 4) is 0 Å². The van der Waals surface area contributed by atoms with Crippen LogP contribution in [0.25, 0.3) is 0 Å². The van der Waals surface area contributed by atoms with Crippen LogP contribution in [0.1, 0.15) is 31.4 Å². The van der Waals surface area contributed by atoms with Crippen LogP contribution in [0.5, 0.6) is 0 Å². The molecule has 0 aromatic carbocycles. The van der Waals surface area contributed by atoms with Crippen molar-refractivity contribution < 1.29 is 4.74 Å². The number of rotatable bonds is 5. The topological polar surface area (TPSA) is 28.6 Å². The van der Waals surface area contributed by atoms with E-state index in [0.717, 1.165) is 19.7 Å². The third-order valence-corrected chi connectivity index (χ3v) is 5.56. The van der Waals surface area contributed by atoms with E-state index in [9.17, 15) is 0 Å². The van der Waals surface area contributed by atoms with Gasteiger partial charge in [-0.1, -0.05) is 6.07 Å².